The third kappa shape index (κ3) is 6.39. The number of rotatable bonds is 8. The highest BCUT2D eigenvalue weighted by molar-refractivity contribution is 6.00. The minimum Gasteiger partial charge on any atom is -0.489 e. The normalized spacial score (nSPS) is 20.9. The Hall–Kier alpha value is -3.65. The smallest absolute Gasteiger partial charge is 0.166 e. The lowest BCUT2D eigenvalue weighted by Gasteiger charge is -2.25. The van der Waals surface area contributed by atoms with Gasteiger partial charge in [0.05, 0.1) is 0 Å². The van der Waals surface area contributed by atoms with Crippen molar-refractivity contribution in [2.24, 2.45) is 11.8 Å². The molecule has 4 aromatic rings. The Morgan fingerprint density at radius 3 is 2.23 bits per heavy atom. The van der Waals surface area contributed by atoms with Crippen LogP contribution in [0.1, 0.15) is 84.3 Å². The molecule has 2 aliphatic carbocycles. The van der Waals surface area contributed by atoms with E-state index in [4.69, 9.17) is 4.74 Å². The largest absolute Gasteiger partial charge is 0.489 e. The van der Waals surface area contributed by atoms with E-state index in [0.717, 1.165) is 47.6 Å². The molecule has 0 N–H and O–H groups in total. The molecule has 0 spiro atoms. The van der Waals surface area contributed by atoms with Crippen molar-refractivity contribution >= 4 is 5.78 Å². The number of fused-ring (bicyclic) bond motifs is 1. The van der Waals surface area contributed by atoms with Crippen LogP contribution in [-0.4, -0.2) is 5.78 Å². The molecule has 40 heavy (non-hydrogen) atoms. The molecule has 204 valence electrons. The van der Waals surface area contributed by atoms with Crippen molar-refractivity contribution in [3.05, 3.63) is 125 Å². The first-order valence-electron chi connectivity index (χ1n) is 15.2. The Morgan fingerprint density at radius 1 is 0.675 bits per heavy atom. The molecule has 0 bridgehead atoms. The van der Waals surface area contributed by atoms with Crippen LogP contribution in [0.4, 0.5) is 0 Å². The second-order valence-corrected chi connectivity index (χ2v) is 11.8. The molecule has 3 atom stereocenters. The van der Waals surface area contributed by atoms with Crippen molar-refractivity contribution in [3.63, 3.8) is 0 Å². The molecule has 0 radical (unpaired) electrons. The Labute approximate surface area is 239 Å². The standard InChI is InChI=1S/C38H40O2/c39-38-34(21-15-28-8-7-13-32(18-14-28)30-9-3-1-4-10-30)22-23-35-26-36(24-25-37(35)38)40-27-29-16-19-33(20-17-29)31-11-5-2-6-12-31/h1-6,9-12,16-17,19-20,24-26,28,32,34H,7-8,13-15,18,21-23,27H2. The Kier molecular flexibility index (Phi) is 8.42. The van der Waals surface area contributed by atoms with Crippen LogP contribution in [0.2, 0.25) is 0 Å². The summed E-state index contributed by atoms with van der Waals surface area (Å²) < 4.78 is 6.13. The van der Waals surface area contributed by atoms with E-state index >= 15 is 0 Å². The molecule has 2 nitrogen and oxygen atoms in total. The molecule has 2 heteroatoms. The maximum absolute atomic E-state index is 13.4. The van der Waals surface area contributed by atoms with E-state index in [2.05, 4.69) is 84.9 Å². The summed E-state index contributed by atoms with van der Waals surface area (Å²) in [5, 5.41) is 0. The van der Waals surface area contributed by atoms with E-state index in [1.54, 1.807) is 0 Å². The fourth-order valence-corrected chi connectivity index (χ4v) is 6.82. The van der Waals surface area contributed by atoms with Gasteiger partial charge in [-0.05, 0) is 103 Å². The van der Waals surface area contributed by atoms with Crippen molar-refractivity contribution in [2.45, 2.75) is 70.3 Å². The van der Waals surface area contributed by atoms with Gasteiger partial charge in [-0.1, -0.05) is 97.8 Å². The molecular weight excluding hydrogens is 488 g/mol. The van der Waals surface area contributed by atoms with Gasteiger partial charge in [0.1, 0.15) is 12.4 Å². The molecular formula is C38H40O2. The summed E-state index contributed by atoms with van der Waals surface area (Å²) in [6, 6.07) is 36.1. The van der Waals surface area contributed by atoms with Crippen LogP contribution in [-0.2, 0) is 13.0 Å². The van der Waals surface area contributed by atoms with Gasteiger partial charge in [0, 0.05) is 11.5 Å². The molecule has 3 unspecified atom stereocenters. The lowest BCUT2D eigenvalue weighted by atomic mass is 9.78. The maximum Gasteiger partial charge on any atom is 0.166 e. The second-order valence-electron chi connectivity index (χ2n) is 11.8. The lowest BCUT2D eigenvalue weighted by molar-refractivity contribution is 0.0888. The maximum atomic E-state index is 13.4. The quantitative estimate of drug-likeness (QED) is 0.213. The first-order valence-corrected chi connectivity index (χ1v) is 15.2. The molecule has 2 aliphatic rings. The first-order chi connectivity index (χ1) is 19.7. The Balaban J connectivity index is 1.000. The first kappa shape index (κ1) is 26.6. The van der Waals surface area contributed by atoms with Crippen LogP contribution >= 0.6 is 0 Å². The van der Waals surface area contributed by atoms with Crippen LogP contribution < -0.4 is 4.74 Å². The number of benzene rings is 4. The number of ketones is 1. The van der Waals surface area contributed by atoms with Crippen molar-refractivity contribution in [1.82, 2.24) is 0 Å². The third-order valence-electron chi connectivity index (χ3n) is 9.22. The van der Waals surface area contributed by atoms with Gasteiger partial charge >= 0.3 is 0 Å². The summed E-state index contributed by atoms with van der Waals surface area (Å²) in [6.45, 7) is 0.525. The topological polar surface area (TPSA) is 26.3 Å². The van der Waals surface area contributed by atoms with E-state index in [1.807, 2.05) is 18.2 Å². The minimum atomic E-state index is 0.176. The van der Waals surface area contributed by atoms with Crippen molar-refractivity contribution in [1.29, 1.82) is 0 Å². The van der Waals surface area contributed by atoms with Gasteiger partial charge in [-0.15, -0.1) is 0 Å². The van der Waals surface area contributed by atoms with Crippen LogP contribution in [0.25, 0.3) is 11.1 Å². The number of carbonyl (C=O) groups excluding carboxylic acids is 1. The zero-order chi connectivity index (χ0) is 27.1. The van der Waals surface area contributed by atoms with Gasteiger partial charge in [0.2, 0.25) is 0 Å². The fraction of sp³-hybridized carbons (Fsp3) is 0.342. The molecule has 1 saturated carbocycles. The summed E-state index contributed by atoms with van der Waals surface area (Å²) in [5.74, 6) is 2.85. The van der Waals surface area contributed by atoms with Gasteiger partial charge in [-0.2, -0.15) is 0 Å². The van der Waals surface area contributed by atoms with Gasteiger partial charge in [-0.3, -0.25) is 4.79 Å². The molecule has 0 aromatic heterocycles. The number of carbonyl (C=O) groups is 1. The van der Waals surface area contributed by atoms with Crippen LogP contribution in [0.15, 0.2) is 103 Å². The van der Waals surface area contributed by atoms with Gasteiger partial charge in [-0.25, -0.2) is 0 Å². The molecule has 0 aliphatic heterocycles. The fourth-order valence-electron chi connectivity index (χ4n) is 6.82. The number of aryl methyl sites for hydroxylation is 1. The monoisotopic (exact) mass is 528 g/mol. The molecule has 0 heterocycles. The average Bonchev–Trinajstić information content (AvgIpc) is 3.27. The highest BCUT2D eigenvalue weighted by Gasteiger charge is 2.29. The third-order valence-corrected chi connectivity index (χ3v) is 9.22. The van der Waals surface area contributed by atoms with Gasteiger partial charge < -0.3 is 4.74 Å². The van der Waals surface area contributed by atoms with Gasteiger partial charge in [0.25, 0.3) is 0 Å². The summed E-state index contributed by atoms with van der Waals surface area (Å²) in [4.78, 5) is 13.4. The predicted octanol–water partition coefficient (Wildman–Crippen LogP) is 9.82. The highest BCUT2D eigenvalue weighted by atomic mass is 16.5. The van der Waals surface area contributed by atoms with Crippen LogP contribution in [0.5, 0.6) is 5.75 Å². The Bertz CT molecular complexity index is 1390. The summed E-state index contributed by atoms with van der Waals surface area (Å²) in [6.07, 6.45) is 10.7. The second kappa shape index (κ2) is 12.7. The highest BCUT2D eigenvalue weighted by Crippen LogP contribution is 2.38. The number of hydrogen-bond donors (Lipinski definition) is 0. The van der Waals surface area contributed by atoms with Gasteiger partial charge in [0.15, 0.2) is 5.78 Å². The van der Waals surface area contributed by atoms with Crippen molar-refractivity contribution < 1.29 is 9.53 Å². The summed E-state index contributed by atoms with van der Waals surface area (Å²) in [7, 11) is 0. The minimum absolute atomic E-state index is 0.176. The molecule has 4 aromatic carbocycles. The zero-order valence-electron chi connectivity index (χ0n) is 23.4. The summed E-state index contributed by atoms with van der Waals surface area (Å²) in [5.41, 5.74) is 7.15. The van der Waals surface area contributed by atoms with Crippen molar-refractivity contribution in [2.75, 3.05) is 0 Å². The Morgan fingerprint density at radius 2 is 1.43 bits per heavy atom. The number of Topliss-reactive ketones (excluding diaryl/α,β-unsaturated/α-hetero) is 1. The van der Waals surface area contributed by atoms with E-state index < -0.39 is 0 Å². The lowest BCUT2D eigenvalue weighted by Crippen LogP contribution is -2.23. The predicted molar refractivity (Wildman–Crippen MR) is 164 cm³/mol. The number of ether oxygens (including phenoxy) is 1. The summed E-state index contributed by atoms with van der Waals surface area (Å²) >= 11 is 0. The van der Waals surface area contributed by atoms with E-state index in [1.165, 1.54) is 55.2 Å². The zero-order valence-corrected chi connectivity index (χ0v) is 23.4. The van der Waals surface area contributed by atoms with E-state index in [9.17, 15) is 4.79 Å². The molecule has 0 amide bonds. The molecule has 1 fully saturated rings. The average molecular weight is 529 g/mol. The molecule has 6 rings (SSSR count). The van der Waals surface area contributed by atoms with Crippen LogP contribution in [0.3, 0.4) is 0 Å². The van der Waals surface area contributed by atoms with Crippen LogP contribution in [0, 0.1) is 11.8 Å². The van der Waals surface area contributed by atoms with Crippen molar-refractivity contribution in [3.8, 4) is 16.9 Å². The van der Waals surface area contributed by atoms with E-state index in [0.29, 0.717) is 18.3 Å². The number of hydrogen-bond acceptors (Lipinski definition) is 2. The molecule has 0 saturated heterocycles. The van der Waals surface area contributed by atoms with E-state index in [-0.39, 0.29) is 5.92 Å². The SMILES string of the molecule is O=C1c2ccc(OCc3ccc(-c4ccccc4)cc3)cc2CCC1CCC1CCCC(c2ccccc2)CC1.